The summed E-state index contributed by atoms with van der Waals surface area (Å²) in [6, 6.07) is 10.1. The first-order chi connectivity index (χ1) is 14.0. The van der Waals surface area contributed by atoms with Crippen LogP contribution < -0.4 is 5.32 Å². The summed E-state index contributed by atoms with van der Waals surface area (Å²) < 4.78 is 3.91. The zero-order valence-electron chi connectivity index (χ0n) is 16.9. The molecular weight excluding hydrogens is 364 g/mol. The molecule has 0 aliphatic heterocycles. The molecule has 148 valence electrons. The highest BCUT2D eigenvalue weighted by atomic mass is 16.1. The molecule has 29 heavy (non-hydrogen) atoms. The predicted octanol–water partition coefficient (Wildman–Crippen LogP) is 3.71. The van der Waals surface area contributed by atoms with E-state index in [9.17, 15) is 4.79 Å². The van der Waals surface area contributed by atoms with E-state index in [1.807, 2.05) is 46.6 Å². The standard InChI is InChI=1S/C22H24N6O/c1-13(2)28-21-16(11-24-28)15(10-18(26-21)14-8-9-14)22(29)23-12-20-25-17-6-4-5-7-19(17)27(20)3/h4-7,10-11,13-14H,8-9,12H2,1-3H3,(H,23,29). The molecule has 3 aromatic heterocycles. The molecule has 0 spiro atoms. The Morgan fingerprint density at radius 3 is 2.76 bits per heavy atom. The number of fused-ring (bicyclic) bond motifs is 2. The monoisotopic (exact) mass is 388 g/mol. The molecule has 3 heterocycles. The molecule has 1 fully saturated rings. The van der Waals surface area contributed by atoms with E-state index in [4.69, 9.17) is 4.98 Å². The third-order valence-electron chi connectivity index (χ3n) is 5.60. The van der Waals surface area contributed by atoms with Crippen molar-refractivity contribution in [2.24, 2.45) is 7.05 Å². The van der Waals surface area contributed by atoms with Gasteiger partial charge >= 0.3 is 0 Å². The maximum absolute atomic E-state index is 13.1. The minimum absolute atomic E-state index is 0.116. The van der Waals surface area contributed by atoms with Gasteiger partial charge in [0.25, 0.3) is 5.91 Å². The third-order valence-corrected chi connectivity index (χ3v) is 5.60. The maximum atomic E-state index is 13.1. The minimum atomic E-state index is -0.116. The number of carbonyl (C=O) groups is 1. The molecule has 1 aliphatic carbocycles. The van der Waals surface area contributed by atoms with Crippen molar-refractivity contribution in [2.45, 2.75) is 45.2 Å². The Morgan fingerprint density at radius 2 is 2.03 bits per heavy atom. The molecule has 0 bridgehead atoms. The molecule has 0 saturated heterocycles. The molecule has 1 N–H and O–H groups in total. The quantitative estimate of drug-likeness (QED) is 0.565. The Morgan fingerprint density at radius 1 is 1.24 bits per heavy atom. The van der Waals surface area contributed by atoms with Gasteiger partial charge in [-0.25, -0.2) is 14.6 Å². The summed E-state index contributed by atoms with van der Waals surface area (Å²) >= 11 is 0. The van der Waals surface area contributed by atoms with Crippen molar-refractivity contribution in [3.63, 3.8) is 0 Å². The molecule has 0 unspecified atom stereocenters. The summed E-state index contributed by atoms with van der Waals surface area (Å²) in [5.74, 6) is 1.17. The summed E-state index contributed by atoms with van der Waals surface area (Å²) in [6.45, 7) is 4.51. The number of hydrogen-bond acceptors (Lipinski definition) is 4. The van der Waals surface area contributed by atoms with Gasteiger partial charge in [0.1, 0.15) is 5.82 Å². The van der Waals surface area contributed by atoms with E-state index in [-0.39, 0.29) is 11.9 Å². The molecule has 4 aromatic rings. The van der Waals surface area contributed by atoms with Gasteiger partial charge in [0.2, 0.25) is 0 Å². The number of rotatable bonds is 5. The van der Waals surface area contributed by atoms with Crippen molar-refractivity contribution >= 4 is 28.0 Å². The van der Waals surface area contributed by atoms with Gasteiger partial charge < -0.3 is 9.88 Å². The molecule has 0 radical (unpaired) electrons. The topological polar surface area (TPSA) is 77.6 Å². The fourth-order valence-electron chi connectivity index (χ4n) is 3.80. The van der Waals surface area contributed by atoms with Crippen molar-refractivity contribution in [2.75, 3.05) is 0 Å². The lowest BCUT2D eigenvalue weighted by atomic mass is 10.1. The van der Waals surface area contributed by atoms with Gasteiger partial charge in [-0.15, -0.1) is 0 Å². The zero-order chi connectivity index (χ0) is 20.1. The number of carbonyl (C=O) groups excluding carboxylic acids is 1. The van der Waals surface area contributed by atoms with Crippen LogP contribution in [0.3, 0.4) is 0 Å². The smallest absolute Gasteiger partial charge is 0.252 e. The van der Waals surface area contributed by atoms with Crippen LogP contribution in [0, 0.1) is 0 Å². The van der Waals surface area contributed by atoms with Crippen LogP contribution in [0.15, 0.2) is 36.5 Å². The highest BCUT2D eigenvalue weighted by molar-refractivity contribution is 6.05. The summed E-state index contributed by atoms with van der Waals surface area (Å²) in [4.78, 5) is 22.6. The van der Waals surface area contributed by atoms with Crippen molar-refractivity contribution in [1.29, 1.82) is 0 Å². The Bertz CT molecular complexity index is 1230. The van der Waals surface area contributed by atoms with E-state index in [1.165, 1.54) is 0 Å². The van der Waals surface area contributed by atoms with E-state index in [0.29, 0.717) is 18.0 Å². The highest BCUT2D eigenvalue weighted by Crippen LogP contribution is 2.40. The molecule has 1 amide bonds. The normalized spacial score (nSPS) is 14.2. The predicted molar refractivity (Wildman–Crippen MR) is 112 cm³/mol. The van der Waals surface area contributed by atoms with Crippen LogP contribution in [0.1, 0.15) is 60.5 Å². The number of nitrogens with zero attached hydrogens (tertiary/aromatic N) is 5. The summed E-state index contributed by atoms with van der Waals surface area (Å²) in [5, 5.41) is 8.32. The van der Waals surface area contributed by atoms with E-state index in [1.54, 1.807) is 6.20 Å². The minimum Gasteiger partial charge on any atom is -0.345 e. The lowest BCUT2D eigenvalue weighted by molar-refractivity contribution is 0.0951. The maximum Gasteiger partial charge on any atom is 0.252 e. The summed E-state index contributed by atoms with van der Waals surface area (Å²) in [5.41, 5.74) is 4.41. The number of imidazole rings is 1. The first-order valence-corrected chi connectivity index (χ1v) is 10.1. The van der Waals surface area contributed by atoms with Crippen LogP contribution in [-0.2, 0) is 13.6 Å². The molecule has 1 saturated carbocycles. The molecule has 7 heteroatoms. The van der Waals surface area contributed by atoms with E-state index in [2.05, 4.69) is 29.2 Å². The van der Waals surface area contributed by atoms with Crippen molar-refractivity contribution in [1.82, 2.24) is 29.6 Å². The molecule has 7 nitrogen and oxygen atoms in total. The number of amides is 1. The van der Waals surface area contributed by atoms with E-state index < -0.39 is 0 Å². The SMILES string of the molecule is CC(C)n1ncc2c(C(=O)NCc3nc4ccccc4n3C)cc(C3CC3)nc21. The van der Waals surface area contributed by atoms with Crippen molar-refractivity contribution in [3.05, 3.63) is 53.6 Å². The van der Waals surface area contributed by atoms with Crippen LogP contribution in [0.5, 0.6) is 0 Å². The van der Waals surface area contributed by atoms with Gasteiger partial charge in [0, 0.05) is 24.7 Å². The number of para-hydroxylation sites is 2. The van der Waals surface area contributed by atoms with Crippen molar-refractivity contribution in [3.8, 4) is 0 Å². The molecule has 1 aromatic carbocycles. The zero-order valence-corrected chi connectivity index (χ0v) is 16.9. The van der Waals surface area contributed by atoms with Gasteiger partial charge in [-0.05, 0) is 44.9 Å². The van der Waals surface area contributed by atoms with Crippen LogP contribution in [0.4, 0.5) is 0 Å². The Hall–Kier alpha value is -3.22. The number of pyridine rings is 1. The Labute approximate surface area is 168 Å². The first kappa shape index (κ1) is 17.8. The molecule has 5 rings (SSSR count). The lowest BCUT2D eigenvalue weighted by Crippen LogP contribution is -2.25. The second-order valence-corrected chi connectivity index (χ2v) is 8.05. The second-order valence-electron chi connectivity index (χ2n) is 8.05. The molecule has 1 aliphatic rings. The van der Waals surface area contributed by atoms with Gasteiger partial charge in [-0.1, -0.05) is 12.1 Å². The number of aryl methyl sites for hydroxylation is 1. The van der Waals surface area contributed by atoms with Crippen molar-refractivity contribution < 1.29 is 4.79 Å². The number of hydrogen-bond donors (Lipinski definition) is 1. The van der Waals surface area contributed by atoms with Gasteiger partial charge in [0.05, 0.1) is 34.7 Å². The van der Waals surface area contributed by atoms with Gasteiger partial charge in [-0.2, -0.15) is 5.10 Å². The lowest BCUT2D eigenvalue weighted by Gasteiger charge is -2.11. The average molecular weight is 388 g/mol. The second kappa shape index (κ2) is 6.69. The number of aromatic nitrogens is 5. The molecule has 0 atom stereocenters. The third kappa shape index (κ3) is 3.06. The fraction of sp³-hybridized carbons (Fsp3) is 0.364. The van der Waals surface area contributed by atoms with Crippen LogP contribution in [0.25, 0.3) is 22.1 Å². The highest BCUT2D eigenvalue weighted by Gasteiger charge is 2.28. The van der Waals surface area contributed by atoms with Crippen LogP contribution in [-0.4, -0.2) is 30.2 Å². The fourth-order valence-corrected chi connectivity index (χ4v) is 3.80. The average Bonchev–Trinajstić information content (AvgIpc) is 3.40. The van der Waals surface area contributed by atoms with Crippen LogP contribution >= 0.6 is 0 Å². The number of nitrogens with one attached hydrogen (secondary N) is 1. The van der Waals surface area contributed by atoms with E-state index in [0.717, 1.165) is 46.4 Å². The van der Waals surface area contributed by atoms with Gasteiger partial charge in [0.15, 0.2) is 5.65 Å². The first-order valence-electron chi connectivity index (χ1n) is 10.1. The van der Waals surface area contributed by atoms with Gasteiger partial charge in [-0.3, -0.25) is 4.79 Å². The van der Waals surface area contributed by atoms with E-state index >= 15 is 0 Å². The largest absolute Gasteiger partial charge is 0.345 e. The molecular formula is C22H24N6O. The Balaban J connectivity index is 1.48. The summed E-state index contributed by atoms with van der Waals surface area (Å²) in [7, 11) is 1.97. The Kier molecular flexibility index (Phi) is 4.12. The van der Waals surface area contributed by atoms with Crippen LogP contribution in [0.2, 0.25) is 0 Å². The number of benzene rings is 1. The summed E-state index contributed by atoms with van der Waals surface area (Å²) in [6.07, 6.45) is 4.02.